The van der Waals surface area contributed by atoms with Gasteiger partial charge in [0.15, 0.2) is 0 Å². The van der Waals surface area contributed by atoms with Gasteiger partial charge in [0.1, 0.15) is 0 Å². The van der Waals surface area contributed by atoms with Gasteiger partial charge in [0.05, 0.1) is 0 Å². The summed E-state index contributed by atoms with van der Waals surface area (Å²) in [5.74, 6) is 0. The zero-order chi connectivity index (χ0) is 22.2. The molecule has 0 unspecified atom stereocenters. The highest BCUT2D eigenvalue weighted by Crippen LogP contribution is 2.52. The standard InChI is InChI=1S/C32H25N/c1-22-12-11-19-26-29(21-33-32(22)26)31-28(24-15-7-3-8-16-24)20-27(23-13-5-2-6-14-23)30(31)25-17-9-4-10-18-25/h2-19,21,33H,20H2,1H3. The molecule has 33 heavy (non-hydrogen) atoms. The molecule has 1 aromatic heterocycles. The summed E-state index contributed by atoms with van der Waals surface area (Å²) in [6.07, 6.45) is 3.11. The molecule has 0 amide bonds. The highest BCUT2D eigenvalue weighted by atomic mass is 14.7. The van der Waals surface area contributed by atoms with E-state index in [1.807, 2.05) is 0 Å². The summed E-state index contributed by atoms with van der Waals surface area (Å²) >= 11 is 0. The van der Waals surface area contributed by atoms with Crippen molar-refractivity contribution in [1.29, 1.82) is 0 Å². The van der Waals surface area contributed by atoms with Gasteiger partial charge in [0, 0.05) is 22.7 Å². The summed E-state index contributed by atoms with van der Waals surface area (Å²) in [4.78, 5) is 3.58. The van der Waals surface area contributed by atoms with E-state index in [0.717, 1.165) is 6.42 Å². The summed E-state index contributed by atoms with van der Waals surface area (Å²) in [6, 6.07) is 39.2. The van der Waals surface area contributed by atoms with E-state index in [1.165, 1.54) is 61.0 Å². The Hall–Kier alpha value is -4.10. The van der Waals surface area contributed by atoms with Gasteiger partial charge < -0.3 is 4.98 Å². The van der Waals surface area contributed by atoms with Crippen molar-refractivity contribution in [2.24, 2.45) is 0 Å². The first kappa shape index (κ1) is 19.6. The summed E-state index contributed by atoms with van der Waals surface area (Å²) in [5.41, 5.74) is 13.0. The minimum atomic E-state index is 0.909. The Labute approximate surface area is 194 Å². The summed E-state index contributed by atoms with van der Waals surface area (Å²) in [5, 5.41) is 1.28. The molecule has 0 bridgehead atoms. The van der Waals surface area contributed by atoms with Gasteiger partial charge in [0.2, 0.25) is 0 Å². The van der Waals surface area contributed by atoms with Gasteiger partial charge in [-0.1, -0.05) is 109 Å². The van der Waals surface area contributed by atoms with E-state index in [2.05, 4.69) is 127 Å². The highest BCUT2D eigenvalue weighted by molar-refractivity contribution is 6.29. The molecule has 0 spiro atoms. The zero-order valence-corrected chi connectivity index (χ0v) is 18.7. The molecule has 0 aliphatic heterocycles. The number of rotatable bonds is 4. The van der Waals surface area contributed by atoms with E-state index in [-0.39, 0.29) is 0 Å². The quantitative estimate of drug-likeness (QED) is 0.299. The molecule has 0 atom stereocenters. The Kier molecular flexibility index (Phi) is 4.81. The number of aromatic amines is 1. The molecule has 1 heterocycles. The van der Waals surface area contributed by atoms with Crippen molar-refractivity contribution >= 4 is 33.2 Å². The second-order valence-corrected chi connectivity index (χ2v) is 8.68. The van der Waals surface area contributed by atoms with Gasteiger partial charge in [-0.3, -0.25) is 0 Å². The minimum absolute atomic E-state index is 0.909. The van der Waals surface area contributed by atoms with E-state index >= 15 is 0 Å². The van der Waals surface area contributed by atoms with Crippen LogP contribution in [0.4, 0.5) is 0 Å². The number of nitrogens with one attached hydrogen (secondary N) is 1. The number of H-pyrrole nitrogens is 1. The number of benzene rings is 4. The Morgan fingerprint density at radius 2 is 1.09 bits per heavy atom. The van der Waals surface area contributed by atoms with E-state index < -0.39 is 0 Å². The van der Waals surface area contributed by atoms with Crippen molar-refractivity contribution in [2.45, 2.75) is 13.3 Å². The lowest BCUT2D eigenvalue weighted by Gasteiger charge is -2.14. The Morgan fingerprint density at radius 3 is 1.70 bits per heavy atom. The monoisotopic (exact) mass is 423 g/mol. The van der Waals surface area contributed by atoms with Crippen LogP contribution in [0, 0.1) is 6.92 Å². The van der Waals surface area contributed by atoms with Crippen LogP contribution in [0.25, 0.3) is 33.2 Å². The van der Waals surface area contributed by atoms with Crippen molar-refractivity contribution in [2.75, 3.05) is 0 Å². The second-order valence-electron chi connectivity index (χ2n) is 8.68. The normalized spacial score (nSPS) is 13.8. The Balaban J connectivity index is 1.70. The van der Waals surface area contributed by atoms with Gasteiger partial charge >= 0.3 is 0 Å². The molecule has 0 saturated heterocycles. The van der Waals surface area contributed by atoms with Gasteiger partial charge in [-0.15, -0.1) is 0 Å². The van der Waals surface area contributed by atoms with E-state index in [9.17, 15) is 0 Å². The van der Waals surface area contributed by atoms with Crippen molar-refractivity contribution in [3.63, 3.8) is 0 Å². The third-order valence-electron chi connectivity index (χ3n) is 6.71. The van der Waals surface area contributed by atoms with Crippen LogP contribution in [0.15, 0.2) is 115 Å². The van der Waals surface area contributed by atoms with Crippen molar-refractivity contribution in [3.8, 4) is 0 Å². The predicted molar refractivity (Wildman–Crippen MR) is 141 cm³/mol. The lowest BCUT2D eigenvalue weighted by molar-refractivity contribution is 1.41. The lowest BCUT2D eigenvalue weighted by Crippen LogP contribution is -1.92. The van der Waals surface area contributed by atoms with Gasteiger partial charge in [-0.05, 0) is 57.9 Å². The number of hydrogen-bond acceptors (Lipinski definition) is 0. The fourth-order valence-corrected chi connectivity index (χ4v) is 5.16. The first-order chi connectivity index (χ1) is 16.3. The average Bonchev–Trinajstić information content (AvgIpc) is 3.48. The maximum Gasteiger partial charge on any atom is 0.0490 e. The molecular formula is C32H25N. The number of aryl methyl sites for hydroxylation is 1. The number of fused-ring (bicyclic) bond motifs is 1. The second kappa shape index (κ2) is 8.11. The molecule has 1 aliphatic carbocycles. The van der Waals surface area contributed by atoms with Gasteiger partial charge in [0.25, 0.3) is 0 Å². The number of para-hydroxylation sites is 1. The molecule has 0 saturated carbocycles. The molecule has 4 aromatic carbocycles. The lowest BCUT2D eigenvalue weighted by atomic mass is 9.89. The van der Waals surface area contributed by atoms with Crippen molar-refractivity contribution in [3.05, 3.63) is 143 Å². The first-order valence-electron chi connectivity index (χ1n) is 11.5. The van der Waals surface area contributed by atoms with Crippen LogP contribution in [-0.2, 0) is 0 Å². The van der Waals surface area contributed by atoms with Gasteiger partial charge in [-0.2, -0.15) is 0 Å². The third kappa shape index (κ3) is 3.34. The fourth-order valence-electron chi connectivity index (χ4n) is 5.16. The molecule has 0 radical (unpaired) electrons. The predicted octanol–water partition coefficient (Wildman–Crippen LogP) is 8.40. The Bertz CT molecular complexity index is 1500. The highest BCUT2D eigenvalue weighted by Gasteiger charge is 2.29. The maximum absolute atomic E-state index is 3.58. The molecule has 6 rings (SSSR count). The molecule has 1 nitrogen and oxygen atoms in total. The molecular weight excluding hydrogens is 398 g/mol. The smallest absolute Gasteiger partial charge is 0.0490 e. The van der Waals surface area contributed by atoms with Gasteiger partial charge in [-0.25, -0.2) is 0 Å². The molecule has 0 fully saturated rings. The zero-order valence-electron chi connectivity index (χ0n) is 18.7. The van der Waals surface area contributed by atoms with Crippen LogP contribution in [-0.4, -0.2) is 4.98 Å². The first-order valence-corrected chi connectivity index (χ1v) is 11.5. The largest absolute Gasteiger partial charge is 0.360 e. The van der Waals surface area contributed by atoms with Crippen LogP contribution in [0.5, 0.6) is 0 Å². The van der Waals surface area contributed by atoms with Crippen LogP contribution in [0.3, 0.4) is 0 Å². The number of allylic oxidation sites excluding steroid dienone is 4. The van der Waals surface area contributed by atoms with Crippen LogP contribution < -0.4 is 0 Å². The molecule has 5 aromatic rings. The Morgan fingerprint density at radius 1 is 0.545 bits per heavy atom. The molecule has 1 heteroatoms. The summed E-state index contributed by atoms with van der Waals surface area (Å²) in [6.45, 7) is 2.17. The maximum atomic E-state index is 3.58. The van der Waals surface area contributed by atoms with Crippen molar-refractivity contribution < 1.29 is 0 Å². The van der Waals surface area contributed by atoms with Crippen LogP contribution in [0.1, 0.15) is 34.2 Å². The topological polar surface area (TPSA) is 15.8 Å². The third-order valence-corrected chi connectivity index (χ3v) is 6.71. The number of aromatic nitrogens is 1. The van der Waals surface area contributed by atoms with Crippen LogP contribution >= 0.6 is 0 Å². The molecule has 1 N–H and O–H groups in total. The summed E-state index contributed by atoms with van der Waals surface area (Å²) in [7, 11) is 0. The average molecular weight is 424 g/mol. The summed E-state index contributed by atoms with van der Waals surface area (Å²) < 4.78 is 0. The van der Waals surface area contributed by atoms with E-state index in [1.54, 1.807) is 0 Å². The SMILES string of the molecule is Cc1cccc2c(C3=C(c4ccccc4)CC(c4ccccc4)=C3c3ccccc3)c[nH]c12. The number of hydrogen-bond donors (Lipinski definition) is 1. The molecule has 158 valence electrons. The molecule has 1 aliphatic rings. The van der Waals surface area contributed by atoms with E-state index in [0.29, 0.717) is 0 Å². The van der Waals surface area contributed by atoms with Crippen LogP contribution in [0.2, 0.25) is 0 Å². The van der Waals surface area contributed by atoms with E-state index in [4.69, 9.17) is 0 Å². The minimum Gasteiger partial charge on any atom is -0.360 e. The van der Waals surface area contributed by atoms with Crippen molar-refractivity contribution in [1.82, 2.24) is 4.98 Å². The fraction of sp³-hybridized carbons (Fsp3) is 0.0625.